The molecule has 9 rings (SSSR count). The van der Waals surface area contributed by atoms with Crippen molar-refractivity contribution >= 4 is 21.9 Å². The van der Waals surface area contributed by atoms with Gasteiger partial charge in [-0.3, -0.25) is 0 Å². The van der Waals surface area contributed by atoms with Crippen molar-refractivity contribution in [1.82, 2.24) is 29.9 Å². The van der Waals surface area contributed by atoms with Crippen LogP contribution >= 0.6 is 0 Å². The summed E-state index contributed by atoms with van der Waals surface area (Å²) in [4.78, 5) is 29.6. The topological polar surface area (TPSA) is 90.5 Å². The summed E-state index contributed by atoms with van der Waals surface area (Å²) in [5, 5.41) is 1.89. The van der Waals surface area contributed by atoms with E-state index in [1.807, 2.05) is 146 Å². The summed E-state index contributed by atoms with van der Waals surface area (Å²) in [6.45, 7) is 0. The average molecular weight is 631 g/mol. The van der Waals surface area contributed by atoms with Crippen molar-refractivity contribution in [1.29, 1.82) is 0 Å². The summed E-state index contributed by atoms with van der Waals surface area (Å²) in [6, 6.07) is 51.9. The predicted octanol–water partition coefficient (Wildman–Crippen LogP) is 9.96. The van der Waals surface area contributed by atoms with Crippen LogP contribution in [0.3, 0.4) is 0 Å². The maximum Gasteiger partial charge on any atom is 0.167 e. The van der Waals surface area contributed by atoms with Crippen LogP contribution in [0.25, 0.3) is 90.3 Å². The van der Waals surface area contributed by atoms with E-state index >= 15 is 0 Å². The number of furan rings is 1. The first-order chi connectivity index (χ1) is 24.3. The molecule has 0 N–H and O–H groups in total. The Hall–Kier alpha value is -6.86. The lowest BCUT2D eigenvalue weighted by atomic mass is 10.1. The zero-order chi connectivity index (χ0) is 32.6. The summed E-state index contributed by atoms with van der Waals surface area (Å²) in [5.74, 6) is 3.40. The van der Waals surface area contributed by atoms with Crippen molar-refractivity contribution in [2.45, 2.75) is 0 Å². The fourth-order valence-electron chi connectivity index (χ4n) is 6.03. The van der Waals surface area contributed by atoms with Crippen LogP contribution in [0, 0.1) is 0 Å². The molecule has 7 heteroatoms. The highest BCUT2D eigenvalue weighted by Gasteiger charge is 2.21. The number of aromatic nitrogens is 6. The third-order valence-electron chi connectivity index (χ3n) is 8.40. The molecular weight excluding hydrogens is 605 g/mol. The van der Waals surface area contributed by atoms with Crippen molar-refractivity contribution in [2.24, 2.45) is 0 Å². The van der Waals surface area contributed by atoms with E-state index in [0.717, 1.165) is 44.2 Å². The van der Waals surface area contributed by atoms with Crippen molar-refractivity contribution in [3.05, 3.63) is 158 Å². The van der Waals surface area contributed by atoms with E-state index in [0.29, 0.717) is 46.1 Å². The van der Waals surface area contributed by atoms with Crippen LogP contribution in [0.5, 0.6) is 0 Å². The minimum absolute atomic E-state index is 0.525. The van der Waals surface area contributed by atoms with Gasteiger partial charge in [0.25, 0.3) is 0 Å². The Bertz CT molecular complexity index is 2290. The second kappa shape index (κ2) is 12.1. The second-order valence-corrected chi connectivity index (χ2v) is 11.5. The van der Waals surface area contributed by atoms with E-state index in [9.17, 15) is 0 Å². The summed E-state index contributed by atoms with van der Waals surface area (Å²) >= 11 is 0. The van der Waals surface area contributed by atoms with Gasteiger partial charge in [0, 0.05) is 33.0 Å². The largest absolute Gasteiger partial charge is 0.455 e. The van der Waals surface area contributed by atoms with E-state index < -0.39 is 0 Å². The van der Waals surface area contributed by atoms with Crippen LogP contribution < -0.4 is 0 Å². The number of nitrogens with zero attached hydrogens (tertiary/aromatic N) is 6. The molecule has 6 aromatic carbocycles. The first-order valence-electron chi connectivity index (χ1n) is 16.0. The van der Waals surface area contributed by atoms with Crippen LogP contribution in [-0.2, 0) is 0 Å². The van der Waals surface area contributed by atoms with Crippen LogP contribution in [0.1, 0.15) is 0 Å². The lowest BCUT2D eigenvalue weighted by Crippen LogP contribution is -2.00. The predicted molar refractivity (Wildman–Crippen MR) is 193 cm³/mol. The summed E-state index contributed by atoms with van der Waals surface area (Å²) in [6.07, 6.45) is 0. The number of hydrogen-bond acceptors (Lipinski definition) is 7. The third kappa shape index (κ3) is 5.29. The molecule has 0 unspecified atom stereocenters. The highest BCUT2D eigenvalue weighted by Crippen LogP contribution is 2.39. The van der Waals surface area contributed by atoms with Gasteiger partial charge in [-0.1, -0.05) is 146 Å². The van der Waals surface area contributed by atoms with Gasteiger partial charge in [0.2, 0.25) is 0 Å². The van der Waals surface area contributed by atoms with E-state index in [2.05, 4.69) is 12.1 Å². The normalized spacial score (nSPS) is 11.3. The molecule has 3 heterocycles. The molecule has 0 aliphatic rings. The van der Waals surface area contributed by atoms with Crippen LogP contribution in [-0.4, -0.2) is 29.9 Å². The van der Waals surface area contributed by atoms with Crippen molar-refractivity contribution in [3.63, 3.8) is 0 Å². The SMILES string of the molecule is c1ccc(-c2nc(-c3ccccc3)nc(-c3cccc4c3oc3c(-c5nc(-c6ccccc6)nc(-c6ccccc6)n5)cccc34)n2)cc1. The smallest absolute Gasteiger partial charge is 0.167 e. The zero-order valence-corrected chi connectivity index (χ0v) is 26.1. The molecule has 0 fully saturated rings. The lowest BCUT2D eigenvalue weighted by molar-refractivity contribution is 0.670. The van der Waals surface area contributed by atoms with Gasteiger partial charge in [0.05, 0.1) is 11.1 Å². The van der Waals surface area contributed by atoms with Gasteiger partial charge in [-0.15, -0.1) is 0 Å². The van der Waals surface area contributed by atoms with Crippen LogP contribution in [0.4, 0.5) is 0 Å². The molecule has 230 valence electrons. The molecule has 7 nitrogen and oxygen atoms in total. The molecule has 0 amide bonds. The standard InChI is InChI=1S/C42H26N6O/c1-5-15-27(16-6-1)37-43-38(28-17-7-2-8-18-28)46-41(45-37)33-25-13-23-31-32-24-14-26-34(36(32)49-35(31)33)42-47-39(29-19-9-3-10-20-29)44-40(48-42)30-21-11-4-12-22-30/h1-26H. The minimum atomic E-state index is 0.525. The van der Waals surface area contributed by atoms with Crippen molar-refractivity contribution in [2.75, 3.05) is 0 Å². The molecular formula is C42H26N6O. The Morgan fingerprint density at radius 3 is 0.857 bits per heavy atom. The number of rotatable bonds is 6. The Labute approximate surface area is 281 Å². The summed E-state index contributed by atoms with van der Waals surface area (Å²) < 4.78 is 6.81. The second-order valence-electron chi connectivity index (χ2n) is 11.5. The van der Waals surface area contributed by atoms with Crippen molar-refractivity contribution < 1.29 is 4.42 Å². The fourth-order valence-corrected chi connectivity index (χ4v) is 6.03. The van der Waals surface area contributed by atoms with Crippen molar-refractivity contribution in [3.8, 4) is 68.3 Å². The summed E-state index contributed by atoms with van der Waals surface area (Å²) in [7, 11) is 0. The van der Waals surface area contributed by atoms with E-state index in [-0.39, 0.29) is 0 Å². The number of benzene rings is 6. The monoisotopic (exact) mass is 630 g/mol. The van der Waals surface area contributed by atoms with Gasteiger partial charge in [-0.2, -0.15) is 0 Å². The fraction of sp³-hybridized carbons (Fsp3) is 0. The third-order valence-corrected chi connectivity index (χ3v) is 8.40. The summed E-state index contributed by atoms with van der Waals surface area (Å²) in [5.41, 5.74) is 6.50. The average Bonchev–Trinajstić information content (AvgIpc) is 3.58. The Kier molecular flexibility index (Phi) is 6.98. The molecule has 0 radical (unpaired) electrons. The van der Waals surface area contributed by atoms with Gasteiger partial charge in [-0.05, 0) is 12.1 Å². The zero-order valence-electron chi connectivity index (χ0n) is 26.1. The minimum Gasteiger partial charge on any atom is -0.455 e. The van der Waals surface area contributed by atoms with E-state index in [4.69, 9.17) is 34.3 Å². The molecule has 3 aromatic heterocycles. The van der Waals surface area contributed by atoms with E-state index in [1.54, 1.807) is 0 Å². The molecule has 0 saturated carbocycles. The maximum atomic E-state index is 6.81. The molecule has 0 saturated heterocycles. The van der Waals surface area contributed by atoms with Gasteiger partial charge >= 0.3 is 0 Å². The Morgan fingerprint density at radius 1 is 0.265 bits per heavy atom. The van der Waals surface area contributed by atoms with Gasteiger partial charge < -0.3 is 4.42 Å². The van der Waals surface area contributed by atoms with Gasteiger partial charge in [0.1, 0.15) is 11.2 Å². The number of fused-ring (bicyclic) bond motifs is 3. The first kappa shape index (κ1) is 28.4. The molecule has 49 heavy (non-hydrogen) atoms. The molecule has 0 aliphatic heterocycles. The van der Waals surface area contributed by atoms with E-state index in [1.165, 1.54) is 0 Å². The Balaban J connectivity index is 1.26. The van der Waals surface area contributed by atoms with Crippen LogP contribution in [0.2, 0.25) is 0 Å². The highest BCUT2D eigenvalue weighted by molar-refractivity contribution is 6.12. The molecule has 0 spiro atoms. The number of hydrogen-bond donors (Lipinski definition) is 0. The molecule has 0 aliphatic carbocycles. The number of para-hydroxylation sites is 2. The quantitative estimate of drug-likeness (QED) is 0.181. The lowest BCUT2D eigenvalue weighted by Gasteiger charge is -2.09. The highest BCUT2D eigenvalue weighted by atomic mass is 16.3. The Morgan fingerprint density at radius 2 is 0.551 bits per heavy atom. The maximum absolute atomic E-state index is 6.81. The van der Waals surface area contributed by atoms with Crippen LogP contribution in [0.15, 0.2) is 162 Å². The van der Waals surface area contributed by atoms with Gasteiger partial charge in [0.15, 0.2) is 34.9 Å². The molecule has 0 bridgehead atoms. The molecule has 0 atom stereocenters. The first-order valence-corrected chi connectivity index (χ1v) is 16.0. The van der Waals surface area contributed by atoms with Gasteiger partial charge in [-0.25, -0.2) is 29.9 Å². The molecule has 9 aromatic rings.